The van der Waals surface area contributed by atoms with Gasteiger partial charge in [0.15, 0.2) is 12.0 Å². The van der Waals surface area contributed by atoms with Crippen LogP contribution in [0.25, 0.3) is 11.3 Å². The number of pyridine rings is 1. The molecule has 0 N–H and O–H groups in total. The van der Waals surface area contributed by atoms with Crippen molar-refractivity contribution in [1.29, 1.82) is 0 Å². The van der Waals surface area contributed by atoms with E-state index >= 15 is 0 Å². The van der Waals surface area contributed by atoms with Crippen molar-refractivity contribution in [3.8, 4) is 11.3 Å². The molecule has 2 aromatic heterocycles. The number of furan rings is 1. The molecule has 2 heterocycles. The Balaban J connectivity index is 1.89. The van der Waals surface area contributed by atoms with E-state index in [-0.39, 0.29) is 11.7 Å². The minimum Gasteiger partial charge on any atom is -0.618 e. The molecule has 132 valence electrons. The first kappa shape index (κ1) is 16.9. The van der Waals surface area contributed by atoms with E-state index in [4.69, 9.17) is 4.42 Å². The van der Waals surface area contributed by atoms with Crippen LogP contribution in [0.1, 0.15) is 35.0 Å². The molecule has 4 rings (SSSR count). The molecule has 0 fully saturated rings. The second-order valence-electron chi connectivity index (χ2n) is 6.76. The number of hydrogen-bond acceptors (Lipinski definition) is 4. The van der Waals surface area contributed by atoms with Gasteiger partial charge < -0.3 is 9.62 Å². The third kappa shape index (κ3) is 2.92. The van der Waals surface area contributed by atoms with Gasteiger partial charge in [0.05, 0.1) is 16.7 Å². The molecule has 0 aliphatic heterocycles. The van der Waals surface area contributed by atoms with E-state index in [9.17, 15) is 10.0 Å². The molecule has 0 amide bonds. The summed E-state index contributed by atoms with van der Waals surface area (Å²) in [6.07, 6.45) is 4.49. The predicted octanol–water partition coefficient (Wildman–Crippen LogP) is 4.80. The fourth-order valence-electron chi connectivity index (χ4n) is 3.54. The molecule has 3 aromatic rings. The molecule has 0 spiro atoms. The number of fused-ring (bicyclic) bond motifs is 1. The molecule has 0 saturated heterocycles. The summed E-state index contributed by atoms with van der Waals surface area (Å²) in [5.74, 6) is 1.26. The van der Waals surface area contributed by atoms with Crippen molar-refractivity contribution in [3.05, 3.63) is 71.0 Å². The maximum atomic E-state index is 12.9. The lowest BCUT2D eigenvalue weighted by atomic mass is 9.81. The van der Waals surface area contributed by atoms with E-state index in [1.807, 2.05) is 31.2 Å². The molecule has 1 unspecified atom stereocenters. The Kier molecular flexibility index (Phi) is 4.32. The largest absolute Gasteiger partial charge is 0.618 e. The predicted molar refractivity (Wildman–Crippen MR) is 100 cm³/mol. The molecule has 1 aromatic carbocycles. The van der Waals surface area contributed by atoms with Crippen LogP contribution in [-0.2, 0) is 6.42 Å². The number of ketones is 1. The zero-order chi connectivity index (χ0) is 18.3. The van der Waals surface area contributed by atoms with Gasteiger partial charge in [-0.1, -0.05) is 18.7 Å². The zero-order valence-electron chi connectivity index (χ0n) is 14.7. The first-order valence-corrected chi connectivity index (χ1v) is 9.46. The van der Waals surface area contributed by atoms with Crippen molar-refractivity contribution in [3.63, 3.8) is 0 Å². The van der Waals surface area contributed by atoms with Gasteiger partial charge >= 0.3 is 0 Å². The highest BCUT2D eigenvalue weighted by Gasteiger charge is 2.30. The molecule has 0 bridgehead atoms. The fraction of sp³-hybridized carbons (Fsp3) is 0.238. The molecule has 5 heteroatoms. The monoisotopic (exact) mass is 365 g/mol. The average Bonchev–Trinajstić information content (AvgIpc) is 3.00. The molecular weight excluding hydrogens is 346 g/mol. The first-order chi connectivity index (χ1) is 12.5. The summed E-state index contributed by atoms with van der Waals surface area (Å²) in [6, 6.07) is 11.2. The van der Waals surface area contributed by atoms with E-state index in [0.717, 1.165) is 43.4 Å². The molecular formula is C21H19NO3S. The summed E-state index contributed by atoms with van der Waals surface area (Å²) in [7, 11) is 0. The summed E-state index contributed by atoms with van der Waals surface area (Å²) in [6.45, 7) is 4.00. The number of benzene rings is 1. The Morgan fingerprint density at radius 2 is 2.00 bits per heavy atom. The van der Waals surface area contributed by atoms with E-state index in [1.54, 1.807) is 30.2 Å². The molecule has 1 aliphatic rings. The average molecular weight is 365 g/mol. The van der Waals surface area contributed by atoms with Gasteiger partial charge in [-0.2, -0.15) is 4.73 Å². The number of nitrogens with zero attached hydrogens (tertiary/aromatic N) is 1. The van der Waals surface area contributed by atoms with Crippen molar-refractivity contribution in [2.75, 3.05) is 0 Å². The topological polar surface area (TPSA) is 57.1 Å². The first-order valence-electron chi connectivity index (χ1n) is 8.64. The van der Waals surface area contributed by atoms with Crippen LogP contribution in [-0.4, -0.2) is 5.78 Å². The van der Waals surface area contributed by atoms with Crippen LogP contribution in [0.4, 0.5) is 0 Å². The summed E-state index contributed by atoms with van der Waals surface area (Å²) in [5.41, 5.74) is 3.18. The van der Waals surface area contributed by atoms with Crippen molar-refractivity contribution < 1.29 is 13.9 Å². The molecule has 0 saturated carbocycles. The highest BCUT2D eigenvalue weighted by atomic mass is 32.2. The Hall–Kier alpha value is -2.53. The number of carbonyl (C=O) groups excluding carboxylic acids is 1. The number of aromatic nitrogens is 1. The van der Waals surface area contributed by atoms with E-state index in [1.165, 1.54) is 6.20 Å². The number of hydrogen-bond donors (Lipinski definition) is 0. The minimum atomic E-state index is 0.151. The third-order valence-corrected chi connectivity index (χ3v) is 5.97. The Morgan fingerprint density at radius 3 is 2.73 bits per heavy atom. The van der Waals surface area contributed by atoms with Gasteiger partial charge in [-0.3, -0.25) is 4.79 Å². The highest BCUT2D eigenvalue weighted by molar-refractivity contribution is 7.99. The number of aryl methyl sites for hydroxylation is 1. The molecule has 0 radical (unpaired) electrons. The lowest BCUT2D eigenvalue weighted by Crippen LogP contribution is -2.29. The number of rotatable bonds is 3. The molecule has 4 nitrogen and oxygen atoms in total. The van der Waals surface area contributed by atoms with Crippen LogP contribution in [0.15, 0.2) is 63.1 Å². The standard InChI is InChI=1S/C21H19NO3S/c1-13-11-16-15(17-5-3-4-9-22(17)24)6-7-20(21(16)18(23)12-13)26-19-8-10-25-14(19)2/h3-10,13H,11-12H2,1-2H3. The third-order valence-electron chi connectivity index (χ3n) is 4.77. The Morgan fingerprint density at radius 1 is 1.15 bits per heavy atom. The smallest absolute Gasteiger partial charge is 0.224 e. The highest BCUT2D eigenvalue weighted by Crippen LogP contribution is 2.41. The molecule has 1 aliphatic carbocycles. The van der Waals surface area contributed by atoms with Gasteiger partial charge in [-0.05, 0) is 49.1 Å². The second-order valence-corrected chi connectivity index (χ2v) is 7.84. The van der Waals surface area contributed by atoms with E-state index in [2.05, 4.69) is 6.92 Å². The van der Waals surface area contributed by atoms with Gasteiger partial charge in [0.2, 0.25) is 5.69 Å². The lowest BCUT2D eigenvalue weighted by molar-refractivity contribution is -0.593. The van der Waals surface area contributed by atoms with Crippen molar-refractivity contribution in [1.82, 2.24) is 0 Å². The summed E-state index contributed by atoms with van der Waals surface area (Å²) in [5, 5.41) is 12.3. The minimum absolute atomic E-state index is 0.151. The lowest BCUT2D eigenvalue weighted by Gasteiger charge is -2.25. The molecule has 1 atom stereocenters. The second kappa shape index (κ2) is 6.65. The van der Waals surface area contributed by atoms with Crippen molar-refractivity contribution in [2.45, 2.75) is 36.5 Å². The van der Waals surface area contributed by atoms with Crippen molar-refractivity contribution >= 4 is 17.5 Å². The van der Waals surface area contributed by atoms with Crippen LogP contribution >= 0.6 is 11.8 Å². The van der Waals surface area contributed by atoms with E-state index < -0.39 is 0 Å². The van der Waals surface area contributed by atoms with Crippen LogP contribution in [0.3, 0.4) is 0 Å². The van der Waals surface area contributed by atoms with Crippen LogP contribution in [0.5, 0.6) is 0 Å². The van der Waals surface area contributed by atoms with Crippen LogP contribution < -0.4 is 4.73 Å². The molecule has 26 heavy (non-hydrogen) atoms. The van der Waals surface area contributed by atoms with Gasteiger partial charge in [0.1, 0.15) is 5.76 Å². The van der Waals surface area contributed by atoms with Gasteiger partial charge in [-0.25, -0.2) is 0 Å². The van der Waals surface area contributed by atoms with Crippen molar-refractivity contribution in [2.24, 2.45) is 5.92 Å². The summed E-state index contributed by atoms with van der Waals surface area (Å²) in [4.78, 5) is 14.8. The summed E-state index contributed by atoms with van der Waals surface area (Å²) < 4.78 is 6.25. The Bertz CT molecular complexity index is 993. The van der Waals surface area contributed by atoms with E-state index in [0.29, 0.717) is 12.1 Å². The zero-order valence-corrected chi connectivity index (χ0v) is 15.5. The van der Waals surface area contributed by atoms with Crippen LogP contribution in [0.2, 0.25) is 0 Å². The fourth-order valence-corrected chi connectivity index (χ4v) is 4.57. The normalized spacial score (nSPS) is 16.5. The van der Waals surface area contributed by atoms with Gasteiger partial charge in [0.25, 0.3) is 0 Å². The quantitative estimate of drug-likeness (QED) is 0.494. The Labute approximate surface area is 156 Å². The maximum absolute atomic E-state index is 12.9. The van der Waals surface area contributed by atoms with Crippen LogP contribution in [0, 0.1) is 18.0 Å². The number of carbonyl (C=O) groups is 1. The maximum Gasteiger partial charge on any atom is 0.224 e. The SMILES string of the molecule is Cc1occc1Sc1ccc(-c2cccc[n+]2[O-])c2c1C(=O)CC(C)C2. The van der Waals surface area contributed by atoms with Gasteiger partial charge in [0, 0.05) is 29.0 Å². The number of Topliss-reactive ketones (excluding diaryl/α,β-unsaturated/α-hetero) is 1. The summed E-state index contributed by atoms with van der Waals surface area (Å²) >= 11 is 1.55. The van der Waals surface area contributed by atoms with Gasteiger partial charge in [-0.15, -0.1) is 0 Å².